The van der Waals surface area contributed by atoms with E-state index in [2.05, 4.69) is 18.7 Å². The van der Waals surface area contributed by atoms with Crippen molar-refractivity contribution >= 4 is 5.91 Å². The summed E-state index contributed by atoms with van der Waals surface area (Å²) >= 11 is 0. The highest BCUT2D eigenvalue weighted by Crippen LogP contribution is 2.43. The average Bonchev–Trinajstić information content (AvgIpc) is 2.46. The van der Waals surface area contributed by atoms with Crippen molar-refractivity contribution in [2.75, 3.05) is 6.54 Å². The molecule has 3 aliphatic rings. The van der Waals surface area contributed by atoms with Crippen LogP contribution >= 0.6 is 0 Å². The number of piperidine rings is 1. The fourth-order valence-corrected chi connectivity index (χ4v) is 5.15. The van der Waals surface area contributed by atoms with Crippen molar-refractivity contribution in [3.05, 3.63) is 0 Å². The van der Waals surface area contributed by atoms with Gasteiger partial charge >= 0.3 is 0 Å². The first kappa shape index (κ1) is 15.3. The van der Waals surface area contributed by atoms with Gasteiger partial charge in [0.05, 0.1) is 0 Å². The molecule has 3 nitrogen and oxygen atoms in total. The molecule has 1 amide bonds. The predicted octanol–water partition coefficient (Wildman–Crippen LogP) is 3.18. The molecule has 0 aromatic heterocycles. The Kier molecular flexibility index (Phi) is 4.58. The standard InChI is InChI=1S/C18H32N2O/c1-12(2)16-8-3-4-9-20(16)18(21)15-10-13-6-5-7-14(11-15)17(13)19/h12-17H,3-11,19H2,1-2H3. The quantitative estimate of drug-likeness (QED) is 0.849. The van der Waals surface area contributed by atoms with Crippen LogP contribution in [0.25, 0.3) is 0 Å². The van der Waals surface area contributed by atoms with E-state index in [-0.39, 0.29) is 5.92 Å². The molecule has 120 valence electrons. The first-order valence-electron chi connectivity index (χ1n) is 9.14. The van der Waals surface area contributed by atoms with Gasteiger partial charge in [0.15, 0.2) is 0 Å². The van der Waals surface area contributed by atoms with Crippen LogP contribution in [0.1, 0.15) is 65.2 Å². The number of rotatable bonds is 2. The van der Waals surface area contributed by atoms with Gasteiger partial charge in [-0.2, -0.15) is 0 Å². The first-order chi connectivity index (χ1) is 10.1. The molecule has 3 heteroatoms. The minimum absolute atomic E-state index is 0.263. The van der Waals surface area contributed by atoms with Gasteiger partial charge in [0.25, 0.3) is 0 Å². The Balaban J connectivity index is 1.69. The highest BCUT2D eigenvalue weighted by molar-refractivity contribution is 5.79. The van der Waals surface area contributed by atoms with Gasteiger partial charge in [0.2, 0.25) is 5.91 Å². The predicted molar refractivity (Wildman–Crippen MR) is 85.7 cm³/mol. The Hall–Kier alpha value is -0.570. The van der Waals surface area contributed by atoms with Crippen molar-refractivity contribution < 1.29 is 4.79 Å². The monoisotopic (exact) mass is 292 g/mol. The van der Waals surface area contributed by atoms with Crippen molar-refractivity contribution in [1.82, 2.24) is 4.90 Å². The number of amides is 1. The van der Waals surface area contributed by atoms with Crippen molar-refractivity contribution in [3.8, 4) is 0 Å². The summed E-state index contributed by atoms with van der Waals surface area (Å²) in [6.07, 6.45) is 9.59. The molecule has 2 N–H and O–H groups in total. The highest BCUT2D eigenvalue weighted by atomic mass is 16.2. The third-order valence-corrected chi connectivity index (χ3v) is 6.36. The van der Waals surface area contributed by atoms with E-state index >= 15 is 0 Å². The Morgan fingerprint density at radius 3 is 2.33 bits per heavy atom. The molecule has 2 saturated carbocycles. The Morgan fingerprint density at radius 2 is 1.71 bits per heavy atom. The summed E-state index contributed by atoms with van der Waals surface area (Å²) in [5.74, 6) is 2.51. The second-order valence-electron chi connectivity index (χ2n) is 8.04. The van der Waals surface area contributed by atoms with E-state index in [0.717, 1.165) is 19.4 Å². The zero-order chi connectivity index (χ0) is 15.0. The molecule has 3 atom stereocenters. The second kappa shape index (κ2) is 6.28. The molecule has 1 saturated heterocycles. The van der Waals surface area contributed by atoms with E-state index < -0.39 is 0 Å². The number of likely N-dealkylation sites (tertiary alicyclic amines) is 1. The fraction of sp³-hybridized carbons (Fsp3) is 0.944. The zero-order valence-corrected chi connectivity index (χ0v) is 13.8. The van der Waals surface area contributed by atoms with Crippen LogP contribution in [0.2, 0.25) is 0 Å². The number of nitrogens with zero attached hydrogens (tertiary/aromatic N) is 1. The summed E-state index contributed by atoms with van der Waals surface area (Å²) in [7, 11) is 0. The molecule has 0 aromatic carbocycles. The lowest BCUT2D eigenvalue weighted by Crippen LogP contribution is -2.53. The number of fused-ring (bicyclic) bond motifs is 2. The van der Waals surface area contributed by atoms with E-state index in [1.165, 1.54) is 38.5 Å². The molecular weight excluding hydrogens is 260 g/mol. The average molecular weight is 292 g/mol. The fourth-order valence-electron chi connectivity index (χ4n) is 5.15. The van der Waals surface area contributed by atoms with Crippen molar-refractivity contribution in [1.29, 1.82) is 0 Å². The van der Waals surface area contributed by atoms with Crippen LogP contribution in [0, 0.1) is 23.7 Å². The minimum Gasteiger partial charge on any atom is -0.339 e. The van der Waals surface area contributed by atoms with E-state index in [1.54, 1.807) is 0 Å². The summed E-state index contributed by atoms with van der Waals surface area (Å²) in [4.78, 5) is 15.3. The zero-order valence-electron chi connectivity index (χ0n) is 13.8. The molecule has 0 spiro atoms. The van der Waals surface area contributed by atoms with Gasteiger partial charge in [-0.05, 0) is 62.7 Å². The minimum atomic E-state index is 0.263. The molecule has 3 unspecified atom stereocenters. The van der Waals surface area contributed by atoms with Gasteiger partial charge < -0.3 is 10.6 Å². The van der Waals surface area contributed by atoms with Gasteiger partial charge in [0, 0.05) is 24.5 Å². The molecule has 0 radical (unpaired) electrons. The number of carbonyl (C=O) groups is 1. The molecule has 2 aliphatic carbocycles. The second-order valence-corrected chi connectivity index (χ2v) is 8.04. The van der Waals surface area contributed by atoms with Crippen molar-refractivity contribution in [2.45, 2.75) is 77.3 Å². The van der Waals surface area contributed by atoms with Crippen LogP contribution < -0.4 is 5.73 Å². The van der Waals surface area contributed by atoms with E-state index in [0.29, 0.717) is 35.7 Å². The van der Waals surface area contributed by atoms with Crippen LogP contribution in [-0.2, 0) is 4.79 Å². The van der Waals surface area contributed by atoms with Gasteiger partial charge in [-0.3, -0.25) is 4.79 Å². The molecule has 0 aromatic rings. The Labute approximate surface area is 129 Å². The lowest BCUT2D eigenvalue weighted by atomic mass is 9.64. The third-order valence-electron chi connectivity index (χ3n) is 6.36. The maximum atomic E-state index is 13.1. The van der Waals surface area contributed by atoms with Crippen LogP contribution in [0.5, 0.6) is 0 Å². The summed E-state index contributed by atoms with van der Waals surface area (Å²) in [6, 6.07) is 0.840. The molecule has 1 aliphatic heterocycles. The summed E-state index contributed by atoms with van der Waals surface area (Å²) in [6.45, 7) is 5.52. The topological polar surface area (TPSA) is 46.3 Å². The summed E-state index contributed by atoms with van der Waals surface area (Å²) < 4.78 is 0. The van der Waals surface area contributed by atoms with Gasteiger partial charge in [-0.1, -0.05) is 20.3 Å². The smallest absolute Gasteiger partial charge is 0.225 e. The number of carbonyl (C=O) groups excluding carboxylic acids is 1. The normalized spacial score (nSPS) is 40.4. The van der Waals surface area contributed by atoms with Crippen LogP contribution in [0.4, 0.5) is 0 Å². The lowest BCUT2D eigenvalue weighted by Gasteiger charge is -2.46. The van der Waals surface area contributed by atoms with E-state index in [1.807, 2.05) is 0 Å². The maximum absolute atomic E-state index is 13.1. The molecule has 3 fully saturated rings. The highest BCUT2D eigenvalue weighted by Gasteiger charge is 2.43. The number of hydrogen-bond acceptors (Lipinski definition) is 2. The Morgan fingerprint density at radius 1 is 1.05 bits per heavy atom. The van der Waals surface area contributed by atoms with Crippen LogP contribution in [-0.4, -0.2) is 29.4 Å². The van der Waals surface area contributed by atoms with Crippen LogP contribution in [0.15, 0.2) is 0 Å². The Bertz CT molecular complexity index is 367. The summed E-state index contributed by atoms with van der Waals surface area (Å²) in [5.41, 5.74) is 6.38. The number of nitrogens with two attached hydrogens (primary N) is 1. The lowest BCUT2D eigenvalue weighted by molar-refractivity contribution is -0.143. The summed E-state index contributed by atoms with van der Waals surface area (Å²) in [5, 5.41) is 0. The maximum Gasteiger partial charge on any atom is 0.225 e. The third kappa shape index (κ3) is 2.99. The van der Waals surface area contributed by atoms with E-state index in [4.69, 9.17) is 5.73 Å². The van der Waals surface area contributed by atoms with Gasteiger partial charge in [0.1, 0.15) is 0 Å². The van der Waals surface area contributed by atoms with Crippen molar-refractivity contribution in [2.24, 2.45) is 29.4 Å². The first-order valence-corrected chi connectivity index (χ1v) is 9.14. The molecule has 2 bridgehead atoms. The van der Waals surface area contributed by atoms with Gasteiger partial charge in [-0.15, -0.1) is 0 Å². The van der Waals surface area contributed by atoms with Crippen LogP contribution in [0.3, 0.4) is 0 Å². The number of hydrogen-bond donors (Lipinski definition) is 1. The van der Waals surface area contributed by atoms with Crippen molar-refractivity contribution in [3.63, 3.8) is 0 Å². The van der Waals surface area contributed by atoms with E-state index in [9.17, 15) is 4.79 Å². The largest absolute Gasteiger partial charge is 0.339 e. The molecular formula is C18H32N2O. The molecule has 3 rings (SSSR count). The SMILES string of the molecule is CC(C)C1CCCCN1C(=O)C1CC2CCCC(C1)C2N. The molecule has 21 heavy (non-hydrogen) atoms. The molecule has 1 heterocycles. The van der Waals surface area contributed by atoms with Gasteiger partial charge in [-0.25, -0.2) is 0 Å².